The number of rotatable bonds is 7. The van der Waals surface area contributed by atoms with Crippen LogP contribution in [-0.4, -0.2) is 36.9 Å². The first kappa shape index (κ1) is 18.2. The summed E-state index contributed by atoms with van der Waals surface area (Å²) in [6.07, 6.45) is 4.70. The maximum atomic E-state index is 12.3. The molecule has 0 unspecified atom stereocenters. The van der Waals surface area contributed by atoms with E-state index in [1.807, 2.05) is 44.2 Å². The van der Waals surface area contributed by atoms with Crippen molar-refractivity contribution in [1.29, 1.82) is 0 Å². The number of urea groups is 1. The highest BCUT2D eigenvalue weighted by Crippen LogP contribution is 2.38. The van der Waals surface area contributed by atoms with E-state index in [1.165, 1.54) is 12.8 Å². The molecule has 1 saturated carbocycles. The Hall–Kier alpha value is -1.59. The predicted molar refractivity (Wildman–Crippen MR) is 97.3 cm³/mol. The minimum absolute atomic E-state index is 0.116. The molecule has 138 valence electrons. The number of benzene rings is 1. The summed E-state index contributed by atoms with van der Waals surface area (Å²) in [4.78, 5) is 12.3. The molecule has 2 aliphatic rings. The first-order valence-corrected chi connectivity index (χ1v) is 9.34. The highest BCUT2D eigenvalue weighted by atomic mass is 16.5. The smallest absolute Gasteiger partial charge is 0.315 e. The molecule has 1 aliphatic carbocycles. The van der Waals surface area contributed by atoms with Crippen molar-refractivity contribution in [2.45, 2.75) is 63.8 Å². The van der Waals surface area contributed by atoms with Crippen LogP contribution < -0.4 is 10.6 Å². The normalized spacial score (nSPS) is 23.9. The topological polar surface area (TPSA) is 59.6 Å². The molecule has 2 fully saturated rings. The van der Waals surface area contributed by atoms with Gasteiger partial charge >= 0.3 is 6.03 Å². The summed E-state index contributed by atoms with van der Waals surface area (Å²) in [6.45, 7) is 5.73. The average Bonchev–Trinajstić information content (AvgIpc) is 3.40. The molecule has 0 bridgehead atoms. The Morgan fingerprint density at radius 1 is 1.24 bits per heavy atom. The van der Waals surface area contributed by atoms with Gasteiger partial charge in [0.1, 0.15) is 0 Å². The number of carbonyl (C=O) groups excluding carboxylic acids is 1. The molecule has 0 spiro atoms. The molecule has 1 aromatic rings. The van der Waals surface area contributed by atoms with Crippen molar-refractivity contribution in [1.82, 2.24) is 10.6 Å². The Morgan fingerprint density at radius 2 is 2.00 bits per heavy atom. The van der Waals surface area contributed by atoms with Gasteiger partial charge in [-0.05, 0) is 51.0 Å². The van der Waals surface area contributed by atoms with E-state index in [0.717, 1.165) is 30.9 Å². The largest absolute Gasteiger partial charge is 0.378 e. The molecule has 0 aromatic heterocycles. The molecule has 2 atom stereocenters. The fourth-order valence-electron chi connectivity index (χ4n) is 3.32. The lowest BCUT2D eigenvalue weighted by Crippen LogP contribution is -2.54. The third-order valence-electron chi connectivity index (χ3n) is 4.82. The zero-order chi connectivity index (χ0) is 17.7. The summed E-state index contributed by atoms with van der Waals surface area (Å²) in [6, 6.07) is 10.2. The number of hydrogen-bond acceptors (Lipinski definition) is 3. The van der Waals surface area contributed by atoms with Crippen LogP contribution in [0.25, 0.3) is 0 Å². The molecule has 5 nitrogen and oxygen atoms in total. The summed E-state index contributed by atoms with van der Waals surface area (Å²) in [5.41, 5.74) is 0.719. The van der Waals surface area contributed by atoms with E-state index in [0.29, 0.717) is 19.3 Å². The first-order valence-electron chi connectivity index (χ1n) is 9.34. The van der Waals surface area contributed by atoms with Crippen LogP contribution in [0.15, 0.2) is 30.3 Å². The number of amides is 2. The summed E-state index contributed by atoms with van der Waals surface area (Å²) in [5, 5.41) is 6.14. The van der Waals surface area contributed by atoms with Crippen molar-refractivity contribution in [2.75, 3.05) is 13.2 Å². The summed E-state index contributed by atoms with van der Waals surface area (Å²) in [5.74, 6) is 0.718. The molecule has 1 saturated heterocycles. The van der Waals surface area contributed by atoms with Crippen LogP contribution in [0.4, 0.5) is 4.79 Å². The fourth-order valence-corrected chi connectivity index (χ4v) is 3.32. The van der Waals surface area contributed by atoms with E-state index in [2.05, 4.69) is 10.6 Å². The van der Waals surface area contributed by atoms with E-state index in [-0.39, 0.29) is 12.1 Å². The Morgan fingerprint density at radius 3 is 2.72 bits per heavy atom. The van der Waals surface area contributed by atoms with E-state index < -0.39 is 5.54 Å². The van der Waals surface area contributed by atoms with Crippen LogP contribution in [-0.2, 0) is 16.1 Å². The molecule has 2 N–H and O–H groups in total. The highest BCUT2D eigenvalue weighted by molar-refractivity contribution is 5.75. The number of carbonyl (C=O) groups is 1. The van der Waals surface area contributed by atoms with E-state index in [9.17, 15) is 4.79 Å². The van der Waals surface area contributed by atoms with E-state index in [1.54, 1.807) is 0 Å². The lowest BCUT2D eigenvalue weighted by atomic mass is 10.00. The van der Waals surface area contributed by atoms with Crippen molar-refractivity contribution >= 4 is 6.03 Å². The quantitative estimate of drug-likeness (QED) is 0.797. The second-order valence-corrected chi connectivity index (χ2v) is 7.93. The van der Waals surface area contributed by atoms with Gasteiger partial charge in [-0.25, -0.2) is 4.79 Å². The summed E-state index contributed by atoms with van der Waals surface area (Å²) in [7, 11) is 0. The predicted octanol–water partition coefficient (Wildman–Crippen LogP) is 3.24. The minimum Gasteiger partial charge on any atom is -0.378 e. The van der Waals surface area contributed by atoms with Crippen molar-refractivity contribution in [3.63, 3.8) is 0 Å². The molecule has 0 radical (unpaired) electrons. The molecule has 25 heavy (non-hydrogen) atoms. The van der Waals surface area contributed by atoms with Crippen LogP contribution in [0.2, 0.25) is 0 Å². The molecule has 1 aliphatic heterocycles. The molecule has 1 heterocycles. The third kappa shape index (κ3) is 6.01. The van der Waals surface area contributed by atoms with Crippen molar-refractivity contribution in [2.24, 2.45) is 5.92 Å². The Labute approximate surface area is 150 Å². The van der Waals surface area contributed by atoms with Gasteiger partial charge in [0, 0.05) is 12.6 Å². The van der Waals surface area contributed by atoms with Gasteiger partial charge in [0.2, 0.25) is 0 Å². The summed E-state index contributed by atoms with van der Waals surface area (Å²) >= 11 is 0. The second-order valence-electron chi connectivity index (χ2n) is 7.93. The van der Waals surface area contributed by atoms with Gasteiger partial charge < -0.3 is 20.1 Å². The zero-order valence-corrected chi connectivity index (χ0v) is 15.3. The van der Waals surface area contributed by atoms with Crippen molar-refractivity contribution in [3.8, 4) is 0 Å². The molecular weight excluding hydrogens is 316 g/mol. The lowest BCUT2D eigenvalue weighted by Gasteiger charge is -2.32. The SMILES string of the molecule is CC(C)(COCc1ccccc1)NC(=O)N[C@H]1CCO[C@H](C2CC2)C1. The van der Waals surface area contributed by atoms with Gasteiger partial charge in [-0.15, -0.1) is 0 Å². The average molecular weight is 346 g/mol. The lowest BCUT2D eigenvalue weighted by molar-refractivity contribution is -0.00941. The van der Waals surface area contributed by atoms with Gasteiger partial charge in [-0.1, -0.05) is 30.3 Å². The number of nitrogens with one attached hydrogen (secondary N) is 2. The molecule has 1 aromatic carbocycles. The molecule has 2 amide bonds. The van der Waals surface area contributed by atoms with E-state index >= 15 is 0 Å². The number of hydrogen-bond donors (Lipinski definition) is 2. The van der Waals surface area contributed by atoms with Crippen molar-refractivity contribution < 1.29 is 14.3 Å². The highest BCUT2D eigenvalue weighted by Gasteiger charge is 2.36. The van der Waals surface area contributed by atoms with Gasteiger partial charge in [-0.3, -0.25) is 0 Å². The monoisotopic (exact) mass is 346 g/mol. The molecular formula is C20H30N2O3. The summed E-state index contributed by atoms with van der Waals surface area (Å²) < 4.78 is 11.6. The standard InChI is InChI=1S/C20H30N2O3/c1-20(2,14-24-13-15-6-4-3-5-7-15)22-19(23)21-17-10-11-25-18(12-17)16-8-9-16/h3-7,16-18H,8-14H2,1-2H3,(H2,21,22,23)/t17-,18-/m0/s1. The zero-order valence-electron chi connectivity index (χ0n) is 15.3. The maximum Gasteiger partial charge on any atom is 0.315 e. The molecule has 3 rings (SSSR count). The van der Waals surface area contributed by atoms with Gasteiger partial charge in [0.15, 0.2) is 0 Å². The van der Waals surface area contributed by atoms with Crippen LogP contribution in [0.3, 0.4) is 0 Å². The second kappa shape index (κ2) is 8.19. The van der Waals surface area contributed by atoms with Crippen LogP contribution in [0.1, 0.15) is 45.1 Å². The van der Waals surface area contributed by atoms with Gasteiger partial charge in [-0.2, -0.15) is 0 Å². The maximum absolute atomic E-state index is 12.3. The first-order chi connectivity index (χ1) is 12.0. The van der Waals surface area contributed by atoms with Crippen LogP contribution in [0, 0.1) is 5.92 Å². The molecule has 5 heteroatoms. The minimum atomic E-state index is -0.417. The Kier molecular flexibility index (Phi) is 5.97. The Balaban J connectivity index is 1.38. The van der Waals surface area contributed by atoms with Crippen molar-refractivity contribution in [3.05, 3.63) is 35.9 Å². The van der Waals surface area contributed by atoms with Crippen LogP contribution >= 0.6 is 0 Å². The van der Waals surface area contributed by atoms with E-state index in [4.69, 9.17) is 9.47 Å². The fraction of sp³-hybridized carbons (Fsp3) is 0.650. The Bertz CT molecular complexity index is 557. The number of ether oxygens (including phenoxy) is 2. The third-order valence-corrected chi connectivity index (χ3v) is 4.82. The van der Waals surface area contributed by atoms with Crippen LogP contribution in [0.5, 0.6) is 0 Å². The van der Waals surface area contributed by atoms with Gasteiger partial charge in [0.25, 0.3) is 0 Å². The van der Waals surface area contributed by atoms with Gasteiger partial charge in [0.05, 0.1) is 24.9 Å².